The van der Waals surface area contributed by atoms with E-state index in [1.165, 1.54) is 0 Å². The number of aliphatic hydroxyl groups is 9. The number of ether oxygens (including phenoxy) is 1. The van der Waals surface area contributed by atoms with E-state index in [1.807, 2.05) is 5.48 Å². The lowest BCUT2D eigenvalue weighted by molar-refractivity contribution is -0.289. The number of rotatable bonds is 11. The Labute approximate surface area is 194 Å². The third-order valence-corrected chi connectivity index (χ3v) is 5.66. The maximum absolute atomic E-state index is 12.9. The summed E-state index contributed by atoms with van der Waals surface area (Å²) < 4.78 is 5.19. The number of amides is 1. The zero-order chi connectivity index (χ0) is 25.6. The highest BCUT2D eigenvalue weighted by Gasteiger charge is 2.61. The third kappa shape index (κ3) is 5.79. The lowest BCUT2D eigenvalue weighted by Crippen LogP contribution is -2.74. The van der Waals surface area contributed by atoms with Crippen LogP contribution in [0.3, 0.4) is 0 Å². The van der Waals surface area contributed by atoms with Gasteiger partial charge < -0.3 is 50.7 Å². The molecule has 1 aliphatic heterocycles. The summed E-state index contributed by atoms with van der Waals surface area (Å²) in [6.45, 7) is 1.43. The molecule has 0 bridgehead atoms. The molecule has 1 amide bonds. The molecule has 0 spiro atoms. The van der Waals surface area contributed by atoms with Crippen LogP contribution < -0.4 is 5.48 Å². The summed E-state index contributed by atoms with van der Waals surface area (Å²) in [5, 5.41) is 90.4. The number of aliphatic hydroxyl groups excluding tert-OH is 8. The predicted octanol–water partition coefficient (Wildman–Crippen LogP) is -4.47. The second kappa shape index (κ2) is 12.1. The molecule has 0 aromatic heterocycles. The minimum atomic E-state index is -3.31. The highest BCUT2D eigenvalue weighted by molar-refractivity contribution is 5.86. The smallest absolute Gasteiger partial charge is 0.281 e. The van der Waals surface area contributed by atoms with Gasteiger partial charge in [0.15, 0.2) is 0 Å². The van der Waals surface area contributed by atoms with Gasteiger partial charge in [-0.25, -0.2) is 5.48 Å². The Morgan fingerprint density at radius 3 is 2.26 bits per heavy atom. The van der Waals surface area contributed by atoms with Gasteiger partial charge in [0.2, 0.25) is 5.60 Å². The molecule has 9 atom stereocenters. The molecule has 192 valence electrons. The maximum atomic E-state index is 12.9. The van der Waals surface area contributed by atoms with Crippen molar-refractivity contribution >= 4 is 12.0 Å². The molecule has 1 aromatic rings. The average Bonchev–Trinajstić information content (AvgIpc) is 2.85. The van der Waals surface area contributed by atoms with E-state index in [9.17, 15) is 45.6 Å². The zero-order valence-electron chi connectivity index (χ0n) is 18.1. The quantitative estimate of drug-likeness (QED) is 0.133. The van der Waals surface area contributed by atoms with Gasteiger partial charge in [0, 0.05) is 0 Å². The van der Waals surface area contributed by atoms with E-state index < -0.39 is 73.6 Å². The normalized spacial score (nSPS) is 29.5. The molecule has 13 heteroatoms. The summed E-state index contributed by atoms with van der Waals surface area (Å²) >= 11 is 0. The minimum Gasteiger partial charge on any atom is -0.394 e. The van der Waals surface area contributed by atoms with Gasteiger partial charge in [0.05, 0.1) is 19.8 Å². The Bertz CT molecular complexity index is 805. The van der Waals surface area contributed by atoms with E-state index in [4.69, 9.17) is 14.7 Å². The summed E-state index contributed by atoms with van der Waals surface area (Å²) in [5.41, 5.74) is -0.0561. The van der Waals surface area contributed by atoms with Crippen molar-refractivity contribution in [3.8, 4) is 0 Å². The fraction of sp³-hybridized carbons (Fsp3) is 0.571. The molecule has 1 aliphatic rings. The Morgan fingerprint density at radius 1 is 1.12 bits per heavy atom. The van der Waals surface area contributed by atoms with Gasteiger partial charge in [0.25, 0.3) is 5.91 Å². The second-order valence-electron chi connectivity index (χ2n) is 7.93. The van der Waals surface area contributed by atoms with E-state index in [-0.39, 0.29) is 6.61 Å². The summed E-state index contributed by atoms with van der Waals surface area (Å²) in [6, 6.07) is 6.74. The van der Waals surface area contributed by atoms with Gasteiger partial charge in [-0.15, -0.1) is 0 Å². The highest BCUT2D eigenvalue weighted by atomic mass is 16.7. The molecule has 2 rings (SSSR count). The first-order valence-electron chi connectivity index (χ1n) is 10.3. The zero-order valence-corrected chi connectivity index (χ0v) is 18.1. The van der Waals surface area contributed by atoms with Crippen LogP contribution in [-0.2, 0) is 21.0 Å². The van der Waals surface area contributed by atoms with Crippen LogP contribution >= 0.6 is 0 Å². The van der Waals surface area contributed by atoms with E-state index in [2.05, 4.69) is 6.58 Å². The molecular weight excluding hydrogens is 458 g/mol. The fourth-order valence-electron chi connectivity index (χ4n) is 3.49. The molecule has 1 saturated heterocycles. The van der Waals surface area contributed by atoms with Crippen LogP contribution in [0.15, 0.2) is 30.8 Å². The molecule has 1 heterocycles. The number of benzene rings is 1. The van der Waals surface area contributed by atoms with Crippen LogP contribution in [0.4, 0.5) is 0 Å². The van der Waals surface area contributed by atoms with Crippen LogP contribution in [-0.4, -0.2) is 120 Å². The first kappa shape index (κ1) is 28.2. The van der Waals surface area contributed by atoms with Crippen LogP contribution in [0.1, 0.15) is 11.1 Å². The van der Waals surface area contributed by atoms with Gasteiger partial charge in [0.1, 0.15) is 48.8 Å². The first-order valence-corrected chi connectivity index (χ1v) is 10.3. The number of carbonyl (C=O) groups excluding carboxylic acids is 1. The second-order valence-corrected chi connectivity index (χ2v) is 7.93. The number of hydroxylamine groups is 1. The Balaban J connectivity index is 2.29. The lowest BCUT2D eigenvalue weighted by atomic mass is 9.78. The van der Waals surface area contributed by atoms with Gasteiger partial charge in [-0.05, 0) is 11.1 Å². The Morgan fingerprint density at radius 2 is 1.74 bits per heavy atom. The van der Waals surface area contributed by atoms with Crippen molar-refractivity contribution < 1.29 is 60.3 Å². The van der Waals surface area contributed by atoms with Crippen LogP contribution in [0, 0.1) is 0 Å². The van der Waals surface area contributed by atoms with Crippen molar-refractivity contribution in [3.05, 3.63) is 42.0 Å². The molecular formula is C21H31NO12. The fourth-order valence-corrected chi connectivity index (χ4v) is 3.49. The molecule has 10 N–H and O–H groups in total. The Kier molecular flexibility index (Phi) is 10.0. The summed E-state index contributed by atoms with van der Waals surface area (Å²) in [6.07, 6.45) is -15.2. The molecule has 0 aliphatic carbocycles. The topological polar surface area (TPSA) is 230 Å². The predicted molar refractivity (Wildman–Crippen MR) is 113 cm³/mol. The molecule has 34 heavy (non-hydrogen) atoms. The number of hydrogen-bond donors (Lipinski definition) is 10. The molecule has 1 fully saturated rings. The van der Waals surface area contributed by atoms with Crippen molar-refractivity contribution in [1.29, 1.82) is 0 Å². The summed E-state index contributed by atoms with van der Waals surface area (Å²) in [4.78, 5) is 18.0. The van der Waals surface area contributed by atoms with Crippen molar-refractivity contribution in [2.24, 2.45) is 0 Å². The SMILES string of the molecule is C=Cc1ccc(CONC(=O)[C@@](O)([C@@H]2O[C@H](CO)[C@H](O)[C@H](O)[C@H]2O)[C@@H](O)[C@H](O)[C@H](O)CO)cc1. The highest BCUT2D eigenvalue weighted by Crippen LogP contribution is 2.32. The first-order chi connectivity index (χ1) is 16.0. The van der Waals surface area contributed by atoms with Crippen molar-refractivity contribution in [2.75, 3.05) is 13.2 Å². The standard InChI is InChI=1S/C21H31NO12/c1-2-10-3-5-11(6-4-10)9-33-22-20(31)21(32,18(30)14(26)12(25)7-23)19-17(29)16(28)15(27)13(8-24)34-19/h2-6,12-19,23-30,32H,1,7-9H2,(H,22,31)/t12-,13-,14-,15+,16+,17-,18+,19-,21+/m1/s1. The van der Waals surface area contributed by atoms with Crippen molar-refractivity contribution in [1.82, 2.24) is 5.48 Å². The van der Waals surface area contributed by atoms with E-state index in [0.29, 0.717) is 5.56 Å². The number of nitrogens with one attached hydrogen (secondary N) is 1. The van der Waals surface area contributed by atoms with Crippen LogP contribution in [0.5, 0.6) is 0 Å². The lowest BCUT2D eigenvalue weighted by Gasteiger charge is -2.48. The summed E-state index contributed by atoms with van der Waals surface area (Å²) in [5.74, 6) is -1.56. The number of hydrogen-bond acceptors (Lipinski definition) is 12. The molecule has 1 aromatic carbocycles. The third-order valence-electron chi connectivity index (χ3n) is 5.66. The average molecular weight is 489 g/mol. The van der Waals surface area contributed by atoms with E-state index in [1.54, 1.807) is 30.3 Å². The van der Waals surface area contributed by atoms with Crippen molar-refractivity contribution in [3.63, 3.8) is 0 Å². The molecule has 13 nitrogen and oxygen atoms in total. The van der Waals surface area contributed by atoms with Crippen LogP contribution in [0.25, 0.3) is 6.08 Å². The Hall–Kier alpha value is -2.01. The molecule has 0 unspecified atom stereocenters. The van der Waals surface area contributed by atoms with Crippen molar-refractivity contribution in [2.45, 2.75) is 61.0 Å². The van der Waals surface area contributed by atoms with Gasteiger partial charge >= 0.3 is 0 Å². The van der Waals surface area contributed by atoms with Gasteiger partial charge in [-0.2, -0.15) is 0 Å². The monoisotopic (exact) mass is 489 g/mol. The largest absolute Gasteiger partial charge is 0.394 e. The maximum Gasteiger partial charge on any atom is 0.281 e. The van der Waals surface area contributed by atoms with Crippen LogP contribution in [0.2, 0.25) is 0 Å². The molecule has 0 saturated carbocycles. The summed E-state index contributed by atoms with van der Waals surface area (Å²) in [7, 11) is 0. The van der Waals surface area contributed by atoms with Gasteiger partial charge in [-0.3, -0.25) is 9.63 Å². The van der Waals surface area contributed by atoms with Gasteiger partial charge in [-0.1, -0.05) is 36.9 Å². The van der Waals surface area contributed by atoms with E-state index >= 15 is 0 Å². The number of carbonyl (C=O) groups is 1. The van der Waals surface area contributed by atoms with E-state index in [0.717, 1.165) is 5.56 Å². The minimum absolute atomic E-state index is 0.216. The molecule has 0 radical (unpaired) electrons.